The van der Waals surface area contributed by atoms with E-state index in [0.717, 1.165) is 26.2 Å². The molecule has 4 nitrogen and oxygen atoms in total. The topological polar surface area (TPSA) is 49.6 Å². The predicted octanol–water partition coefficient (Wildman–Crippen LogP) is 2.09. The van der Waals surface area contributed by atoms with Gasteiger partial charge < -0.3 is 15.5 Å². The van der Waals surface area contributed by atoms with Gasteiger partial charge in [0.1, 0.15) is 0 Å². The number of carbonyl (C=O) groups excluding carboxylic acids is 1. The molecule has 104 valence electrons. The number of amides is 1. The van der Waals surface area contributed by atoms with Gasteiger partial charge in [0, 0.05) is 36.4 Å². The number of rotatable bonds is 4. The molecule has 2 rings (SSSR count). The average Bonchev–Trinajstić information content (AvgIpc) is 2.87. The van der Waals surface area contributed by atoms with E-state index in [1.54, 1.807) is 23.1 Å². The van der Waals surface area contributed by atoms with Crippen molar-refractivity contribution in [2.75, 3.05) is 39.0 Å². The van der Waals surface area contributed by atoms with Gasteiger partial charge in [-0.15, -0.1) is 0 Å². The van der Waals surface area contributed by atoms with Gasteiger partial charge >= 0.3 is 0 Å². The summed E-state index contributed by atoms with van der Waals surface area (Å²) in [4.78, 5) is 16.4. The first-order valence-electron chi connectivity index (χ1n) is 6.60. The lowest BCUT2D eigenvalue weighted by atomic mass is 10.2. The Labute approximate surface area is 119 Å². The van der Waals surface area contributed by atoms with Gasteiger partial charge in [-0.05, 0) is 44.1 Å². The highest BCUT2D eigenvalue weighted by Gasteiger charge is 2.16. The fourth-order valence-corrected chi connectivity index (χ4v) is 2.60. The first-order valence-corrected chi connectivity index (χ1v) is 6.98. The minimum Gasteiger partial charge on any atom is -0.399 e. The van der Waals surface area contributed by atoms with Crippen molar-refractivity contribution in [2.45, 2.75) is 12.8 Å². The van der Waals surface area contributed by atoms with E-state index in [4.69, 9.17) is 17.3 Å². The zero-order valence-corrected chi connectivity index (χ0v) is 12.0. The van der Waals surface area contributed by atoms with Gasteiger partial charge in [0.2, 0.25) is 0 Å². The summed E-state index contributed by atoms with van der Waals surface area (Å²) in [6.45, 7) is 3.95. The molecule has 1 aromatic rings. The summed E-state index contributed by atoms with van der Waals surface area (Å²) in [6.07, 6.45) is 2.53. The van der Waals surface area contributed by atoms with Crippen LogP contribution in [0.25, 0.3) is 0 Å². The lowest BCUT2D eigenvalue weighted by Crippen LogP contribution is -2.35. The number of anilines is 1. The second kappa shape index (κ2) is 6.26. The molecule has 2 N–H and O–H groups in total. The van der Waals surface area contributed by atoms with Crippen molar-refractivity contribution in [2.24, 2.45) is 0 Å². The summed E-state index contributed by atoms with van der Waals surface area (Å²) in [7, 11) is 1.81. The molecular weight excluding hydrogens is 262 g/mol. The summed E-state index contributed by atoms with van der Waals surface area (Å²) < 4.78 is 0. The van der Waals surface area contributed by atoms with Crippen LogP contribution in [0.15, 0.2) is 18.2 Å². The number of likely N-dealkylation sites (tertiary alicyclic amines) is 1. The predicted molar refractivity (Wildman–Crippen MR) is 78.5 cm³/mol. The van der Waals surface area contributed by atoms with Crippen molar-refractivity contribution < 1.29 is 4.79 Å². The van der Waals surface area contributed by atoms with Crippen LogP contribution in [-0.4, -0.2) is 48.9 Å². The van der Waals surface area contributed by atoms with E-state index in [2.05, 4.69) is 4.90 Å². The lowest BCUT2D eigenvalue weighted by Gasteiger charge is -2.21. The fraction of sp³-hybridized carbons (Fsp3) is 0.500. The largest absolute Gasteiger partial charge is 0.399 e. The molecule has 5 heteroatoms. The molecule has 0 spiro atoms. The smallest absolute Gasteiger partial charge is 0.253 e. The highest BCUT2D eigenvalue weighted by Crippen LogP contribution is 2.17. The second-order valence-corrected chi connectivity index (χ2v) is 5.49. The molecule has 19 heavy (non-hydrogen) atoms. The normalized spacial score (nSPS) is 15.7. The molecule has 0 atom stereocenters. The molecule has 0 aliphatic carbocycles. The van der Waals surface area contributed by atoms with Crippen LogP contribution in [0.4, 0.5) is 5.69 Å². The molecule has 1 heterocycles. The maximum Gasteiger partial charge on any atom is 0.253 e. The van der Waals surface area contributed by atoms with E-state index in [0.29, 0.717) is 16.3 Å². The van der Waals surface area contributed by atoms with Crippen molar-refractivity contribution in [3.05, 3.63) is 28.8 Å². The summed E-state index contributed by atoms with van der Waals surface area (Å²) in [5, 5.41) is 0.497. The van der Waals surface area contributed by atoms with Crippen LogP contribution in [0, 0.1) is 0 Å². The van der Waals surface area contributed by atoms with E-state index in [-0.39, 0.29) is 5.91 Å². The quantitative estimate of drug-likeness (QED) is 0.860. The Morgan fingerprint density at radius 1 is 1.37 bits per heavy atom. The van der Waals surface area contributed by atoms with E-state index in [9.17, 15) is 4.79 Å². The molecule has 1 aliphatic rings. The molecule has 0 bridgehead atoms. The Balaban J connectivity index is 1.93. The molecule has 1 aliphatic heterocycles. The van der Waals surface area contributed by atoms with Gasteiger partial charge in [-0.25, -0.2) is 0 Å². The molecule has 1 saturated heterocycles. The number of hydrogen-bond donors (Lipinski definition) is 1. The standard InChI is InChI=1S/C14H20ClN3O/c1-17(6-7-18-4-2-3-5-18)14(19)11-8-12(15)10-13(16)9-11/h8-10H,2-7,16H2,1H3. The van der Waals surface area contributed by atoms with E-state index in [1.807, 2.05) is 7.05 Å². The molecule has 0 unspecified atom stereocenters. The Bertz CT molecular complexity index is 438. The highest BCUT2D eigenvalue weighted by atomic mass is 35.5. The average molecular weight is 282 g/mol. The Morgan fingerprint density at radius 3 is 2.68 bits per heavy atom. The number of hydrogen-bond acceptors (Lipinski definition) is 3. The van der Waals surface area contributed by atoms with Crippen molar-refractivity contribution >= 4 is 23.2 Å². The fourth-order valence-electron chi connectivity index (χ4n) is 2.36. The van der Waals surface area contributed by atoms with Gasteiger partial charge in [0.25, 0.3) is 5.91 Å². The Kier molecular flexibility index (Phi) is 4.66. The minimum absolute atomic E-state index is 0.0339. The van der Waals surface area contributed by atoms with Crippen LogP contribution in [0.2, 0.25) is 5.02 Å². The van der Waals surface area contributed by atoms with Crippen molar-refractivity contribution in [1.82, 2.24) is 9.80 Å². The monoisotopic (exact) mass is 281 g/mol. The Morgan fingerprint density at radius 2 is 2.05 bits per heavy atom. The maximum absolute atomic E-state index is 12.2. The third-order valence-electron chi connectivity index (χ3n) is 3.46. The number of nitrogens with two attached hydrogens (primary N) is 1. The van der Waals surface area contributed by atoms with Crippen LogP contribution in [-0.2, 0) is 0 Å². The summed E-state index contributed by atoms with van der Waals surface area (Å²) in [6, 6.07) is 4.97. The second-order valence-electron chi connectivity index (χ2n) is 5.05. The minimum atomic E-state index is -0.0339. The first kappa shape index (κ1) is 14.2. The van der Waals surface area contributed by atoms with Gasteiger partial charge in [0.05, 0.1) is 0 Å². The van der Waals surface area contributed by atoms with Gasteiger partial charge in [-0.3, -0.25) is 4.79 Å². The van der Waals surface area contributed by atoms with Crippen molar-refractivity contribution in [1.29, 1.82) is 0 Å². The van der Waals surface area contributed by atoms with Crippen LogP contribution in [0.3, 0.4) is 0 Å². The van der Waals surface area contributed by atoms with Crippen LogP contribution in [0.1, 0.15) is 23.2 Å². The lowest BCUT2D eigenvalue weighted by molar-refractivity contribution is 0.0782. The molecular formula is C14H20ClN3O. The number of halogens is 1. The maximum atomic E-state index is 12.2. The third kappa shape index (κ3) is 3.85. The molecule has 1 amide bonds. The van der Waals surface area contributed by atoms with Crippen molar-refractivity contribution in [3.63, 3.8) is 0 Å². The zero-order valence-electron chi connectivity index (χ0n) is 11.2. The van der Waals surface area contributed by atoms with Crippen molar-refractivity contribution in [3.8, 4) is 0 Å². The number of carbonyl (C=O) groups is 1. The first-order chi connectivity index (χ1) is 9.06. The number of nitrogen functional groups attached to an aromatic ring is 1. The number of likely N-dealkylation sites (N-methyl/N-ethyl adjacent to an activating group) is 1. The number of benzene rings is 1. The molecule has 0 aromatic heterocycles. The van der Waals surface area contributed by atoms with Crippen LogP contribution < -0.4 is 5.73 Å². The van der Waals surface area contributed by atoms with Crippen LogP contribution in [0.5, 0.6) is 0 Å². The summed E-state index contributed by atoms with van der Waals surface area (Å²) >= 11 is 5.92. The summed E-state index contributed by atoms with van der Waals surface area (Å²) in [5.74, 6) is -0.0339. The zero-order chi connectivity index (χ0) is 13.8. The molecule has 0 radical (unpaired) electrons. The van der Waals surface area contributed by atoms with E-state index >= 15 is 0 Å². The third-order valence-corrected chi connectivity index (χ3v) is 3.68. The summed E-state index contributed by atoms with van der Waals surface area (Å²) in [5.41, 5.74) is 6.77. The van der Waals surface area contributed by atoms with E-state index in [1.165, 1.54) is 12.8 Å². The van der Waals surface area contributed by atoms with Gasteiger partial charge in [-0.1, -0.05) is 11.6 Å². The van der Waals surface area contributed by atoms with Gasteiger partial charge in [-0.2, -0.15) is 0 Å². The van der Waals surface area contributed by atoms with Gasteiger partial charge in [0.15, 0.2) is 0 Å². The van der Waals surface area contributed by atoms with E-state index < -0.39 is 0 Å². The molecule has 1 aromatic carbocycles. The highest BCUT2D eigenvalue weighted by molar-refractivity contribution is 6.31. The van der Waals surface area contributed by atoms with Crippen LogP contribution >= 0.6 is 11.6 Å². The molecule has 0 saturated carbocycles. The Hall–Kier alpha value is -1.26. The molecule has 1 fully saturated rings. The SMILES string of the molecule is CN(CCN1CCCC1)C(=O)c1cc(N)cc(Cl)c1. The number of nitrogens with zero attached hydrogens (tertiary/aromatic N) is 2.